The quantitative estimate of drug-likeness (QED) is 0.808. The summed E-state index contributed by atoms with van der Waals surface area (Å²) in [6.45, 7) is 4.44. The zero-order valence-electron chi connectivity index (χ0n) is 11.4. The highest BCUT2D eigenvalue weighted by molar-refractivity contribution is 6.30. The first-order chi connectivity index (χ1) is 8.99. The standard InChI is InChI=1S/C14H21ClN2O2/c1-3-14(16,4-2)10-17-13(18)9-19-12-7-5-6-11(15)8-12/h5-8H,3-4,9-10,16H2,1-2H3,(H,17,18). The molecule has 1 aromatic carbocycles. The summed E-state index contributed by atoms with van der Waals surface area (Å²) in [4.78, 5) is 11.7. The maximum Gasteiger partial charge on any atom is 0.258 e. The second-order valence-corrected chi connectivity index (χ2v) is 5.03. The van der Waals surface area contributed by atoms with Gasteiger partial charge in [-0.05, 0) is 31.0 Å². The van der Waals surface area contributed by atoms with Crippen LogP contribution in [0.1, 0.15) is 26.7 Å². The van der Waals surface area contributed by atoms with Crippen LogP contribution in [0.15, 0.2) is 24.3 Å². The summed E-state index contributed by atoms with van der Waals surface area (Å²) in [6, 6.07) is 6.94. The van der Waals surface area contributed by atoms with Crippen molar-refractivity contribution in [1.29, 1.82) is 0 Å². The first-order valence-electron chi connectivity index (χ1n) is 6.43. The number of hydrogen-bond acceptors (Lipinski definition) is 3. The molecule has 0 unspecified atom stereocenters. The topological polar surface area (TPSA) is 64.3 Å². The number of carbonyl (C=O) groups is 1. The lowest BCUT2D eigenvalue weighted by atomic mass is 9.94. The third-order valence-electron chi connectivity index (χ3n) is 3.21. The van der Waals surface area contributed by atoms with Gasteiger partial charge in [0.05, 0.1) is 0 Å². The van der Waals surface area contributed by atoms with Crippen LogP contribution in [-0.2, 0) is 4.79 Å². The molecule has 3 N–H and O–H groups in total. The summed E-state index contributed by atoms with van der Waals surface area (Å²) in [5.74, 6) is 0.393. The highest BCUT2D eigenvalue weighted by Gasteiger charge is 2.20. The molecule has 1 amide bonds. The Morgan fingerprint density at radius 1 is 1.42 bits per heavy atom. The predicted octanol–water partition coefficient (Wildman–Crippen LogP) is 2.35. The Bertz CT molecular complexity index is 420. The zero-order chi connectivity index (χ0) is 14.3. The highest BCUT2D eigenvalue weighted by atomic mass is 35.5. The predicted molar refractivity (Wildman–Crippen MR) is 77.5 cm³/mol. The number of benzene rings is 1. The number of hydrogen-bond donors (Lipinski definition) is 2. The van der Waals surface area contributed by atoms with E-state index in [0.29, 0.717) is 17.3 Å². The van der Waals surface area contributed by atoms with Crippen molar-refractivity contribution >= 4 is 17.5 Å². The second-order valence-electron chi connectivity index (χ2n) is 4.59. The van der Waals surface area contributed by atoms with Gasteiger partial charge in [0.1, 0.15) is 5.75 Å². The molecule has 0 aliphatic rings. The number of ether oxygens (including phenoxy) is 1. The Hall–Kier alpha value is -1.26. The lowest BCUT2D eigenvalue weighted by Crippen LogP contribution is -2.50. The molecular weight excluding hydrogens is 264 g/mol. The van der Waals surface area contributed by atoms with Gasteiger partial charge in [0.2, 0.25) is 0 Å². The molecular formula is C14H21ClN2O2. The van der Waals surface area contributed by atoms with Gasteiger partial charge in [-0.25, -0.2) is 0 Å². The van der Waals surface area contributed by atoms with E-state index in [1.54, 1.807) is 24.3 Å². The third-order valence-corrected chi connectivity index (χ3v) is 3.45. The molecule has 0 bridgehead atoms. The van der Waals surface area contributed by atoms with Gasteiger partial charge in [0, 0.05) is 17.1 Å². The normalized spacial score (nSPS) is 11.2. The number of carbonyl (C=O) groups excluding carboxylic acids is 1. The summed E-state index contributed by atoms with van der Waals surface area (Å²) in [7, 11) is 0. The van der Waals surface area contributed by atoms with Crippen molar-refractivity contribution in [2.75, 3.05) is 13.2 Å². The number of nitrogens with one attached hydrogen (secondary N) is 1. The summed E-state index contributed by atoms with van der Waals surface area (Å²) in [5, 5.41) is 3.37. The largest absolute Gasteiger partial charge is 0.484 e. The molecule has 5 heteroatoms. The average Bonchev–Trinajstić information content (AvgIpc) is 2.42. The average molecular weight is 285 g/mol. The molecule has 19 heavy (non-hydrogen) atoms. The molecule has 0 spiro atoms. The van der Waals surface area contributed by atoms with Crippen LogP contribution in [-0.4, -0.2) is 24.6 Å². The van der Waals surface area contributed by atoms with Crippen LogP contribution in [0.25, 0.3) is 0 Å². The van der Waals surface area contributed by atoms with Crippen molar-refractivity contribution in [3.63, 3.8) is 0 Å². The smallest absolute Gasteiger partial charge is 0.258 e. The third kappa shape index (κ3) is 5.49. The molecule has 4 nitrogen and oxygen atoms in total. The van der Waals surface area contributed by atoms with Crippen LogP contribution in [0.3, 0.4) is 0 Å². The van der Waals surface area contributed by atoms with Gasteiger partial charge in [0.25, 0.3) is 5.91 Å². The van der Waals surface area contributed by atoms with Crippen LogP contribution in [0.5, 0.6) is 5.75 Å². The van der Waals surface area contributed by atoms with Gasteiger partial charge in [-0.2, -0.15) is 0 Å². The molecule has 106 valence electrons. The molecule has 0 fully saturated rings. The second kappa shape index (κ2) is 7.36. The minimum atomic E-state index is -0.342. The highest BCUT2D eigenvalue weighted by Crippen LogP contribution is 2.16. The minimum absolute atomic E-state index is 0.0378. The van der Waals surface area contributed by atoms with Gasteiger partial charge in [-0.3, -0.25) is 4.79 Å². The number of halogens is 1. The van der Waals surface area contributed by atoms with Gasteiger partial charge in [0.15, 0.2) is 6.61 Å². The zero-order valence-corrected chi connectivity index (χ0v) is 12.2. The van der Waals surface area contributed by atoms with E-state index in [-0.39, 0.29) is 18.1 Å². The van der Waals surface area contributed by atoms with E-state index in [9.17, 15) is 4.79 Å². The van der Waals surface area contributed by atoms with Crippen molar-refractivity contribution in [2.45, 2.75) is 32.2 Å². The SMILES string of the molecule is CCC(N)(CC)CNC(=O)COc1cccc(Cl)c1. The molecule has 0 aliphatic carbocycles. The van der Waals surface area contributed by atoms with E-state index in [0.717, 1.165) is 12.8 Å². The van der Waals surface area contributed by atoms with E-state index in [1.165, 1.54) is 0 Å². The van der Waals surface area contributed by atoms with Crippen LogP contribution in [0, 0.1) is 0 Å². The Kier molecular flexibility index (Phi) is 6.12. The molecule has 1 rings (SSSR count). The van der Waals surface area contributed by atoms with E-state index in [4.69, 9.17) is 22.1 Å². The van der Waals surface area contributed by atoms with Crippen LogP contribution in [0.4, 0.5) is 0 Å². The fraction of sp³-hybridized carbons (Fsp3) is 0.500. The van der Waals surface area contributed by atoms with Crippen molar-refractivity contribution in [3.8, 4) is 5.75 Å². The first-order valence-corrected chi connectivity index (χ1v) is 6.81. The summed E-state index contributed by atoms with van der Waals surface area (Å²) in [6.07, 6.45) is 1.64. The van der Waals surface area contributed by atoms with Crippen molar-refractivity contribution in [2.24, 2.45) is 5.73 Å². The van der Waals surface area contributed by atoms with Gasteiger partial charge in [-0.1, -0.05) is 31.5 Å². The molecule has 0 aliphatic heterocycles. The Morgan fingerprint density at radius 2 is 2.11 bits per heavy atom. The molecule has 0 aromatic heterocycles. The van der Waals surface area contributed by atoms with E-state index >= 15 is 0 Å². The number of amides is 1. The Balaban J connectivity index is 2.36. The molecule has 0 saturated carbocycles. The first kappa shape index (κ1) is 15.8. The lowest BCUT2D eigenvalue weighted by molar-refractivity contribution is -0.123. The molecule has 0 heterocycles. The summed E-state index contributed by atoms with van der Waals surface area (Å²) >= 11 is 5.82. The molecule has 0 atom stereocenters. The molecule has 1 aromatic rings. The van der Waals surface area contributed by atoms with Crippen LogP contribution < -0.4 is 15.8 Å². The Morgan fingerprint density at radius 3 is 2.68 bits per heavy atom. The fourth-order valence-electron chi connectivity index (χ4n) is 1.53. The summed E-state index contributed by atoms with van der Waals surface area (Å²) in [5.41, 5.74) is 5.76. The van der Waals surface area contributed by atoms with Crippen molar-refractivity contribution in [1.82, 2.24) is 5.32 Å². The minimum Gasteiger partial charge on any atom is -0.484 e. The van der Waals surface area contributed by atoms with Crippen molar-refractivity contribution in [3.05, 3.63) is 29.3 Å². The maximum atomic E-state index is 11.7. The molecule has 0 radical (unpaired) electrons. The molecule has 0 saturated heterocycles. The van der Waals surface area contributed by atoms with Gasteiger partial charge < -0.3 is 15.8 Å². The van der Waals surface area contributed by atoms with Gasteiger partial charge >= 0.3 is 0 Å². The maximum absolute atomic E-state index is 11.7. The fourth-order valence-corrected chi connectivity index (χ4v) is 1.71. The monoisotopic (exact) mass is 284 g/mol. The summed E-state index contributed by atoms with van der Waals surface area (Å²) < 4.78 is 5.34. The van der Waals surface area contributed by atoms with E-state index in [1.807, 2.05) is 13.8 Å². The Labute approximate surface area is 119 Å². The van der Waals surface area contributed by atoms with E-state index < -0.39 is 0 Å². The number of rotatable bonds is 7. The number of nitrogens with two attached hydrogens (primary N) is 1. The van der Waals surface area contributed by atoms with Gasteiger partial charge in [-0.15, -0.1) is 0 Å². The lowest BCUT2D eigenvalue weighted by Gasteiger charge is -2.26. The van der Waals surface area contributed by atoms with Crippen LogP contribution >= 0.6 is 11.6 Å². The van der Waals surface area contributed by atoms with E-state index in [2.05, 4.69) is 5.32 Å². The van der Waals surface area contributed by atoms with Crippen LogP contribution in [0.2, 0.25) is 5.02 Å². The van der Waals surface area contributed by atoms with Crippen molar-refractivity contribution < 1.29 is 9.53 Å².